The van der Waals surface area contributed by atoms with Gasteiger partial charge >= 0.3 is 0 Å². The second-order valence-corrected chi connectivity index (χ2v) is 5.56. The van der Waals surface area contributed by atoms with E-state index in [-0.39, 0.29) is 0 Å². The maximum Gasteiger partial charge on any atom is -0.00375 e. The van der Waals surface area contributed by atoms with Crippen LogP contribution >= 0.6 is 0 Å². The molecule has 1 aliphatic carbocycles. The Morgan fingerprint density at radius 2 is 1.67 bits per heavy atom. The van der Waals surface area contributed by atoms with Crippen LogP contribution in [0, 0.1) is 25.2 Å². The van der Waals surface area contributed by atoms with E-state index in [0.717, 1.165) is 6.54 Å². The van der Waals surface area contributed by atoms with E-state index >= 15 is 0 Å². The Balaban J connectivity index is 2.32. The van der Waals surface area contributed by atoms with E-state index in [9.17, 15) is 0 Å². The standard InChI is InChI=1S/C14H21N/c1-9-5-10(2)7-11(6-9)13-12(8-15)14(13,3)4/h5-7,12-13H,8,15H2,1-4H3/t12-,13-/m0/s1. The van der Waals surface area contributed by atoms with Crippen LogP contribution in [0.5, 0.6) is 0 Å². The van der Waals surface area contributed by atoms with Crippen molar-refractivity contribution in [2.24, 2.45) is 17.1 Å². The molecule has 0 amide bonds. The molecule has 0 heterocycles. The third-order valence-corrected chi connectivity index (χ3v) is 3.91. The molecule has 0 bridgehead atoms. The van der Waals surface area contributed by atoms with E-state index < -0.39 is 0 Å². The average Bonchev–Trinajstić information content (AvgIpc) is 2.66. The fourth-order valence-corrected chi connectivity index (χ4v) is 3.04. The summed E-state index contributed by atoms with van der Waals surface area (Å²) in [6, 6.07) is 6.86. The third-order valence-electron chi connectivity index (χ3n) is 3.91. The maximum absolute atomic E-state index is 5.81. The van der Waals surface area contributed by atoms with E-state index in [2.05, 4.69) is 45.9 Å². The zero-order valence-electron chi connectivity index (χ0n) is 10.2. The minimum absolute atomic E-state index is 0.398. The second kappa shape index (κ2) is 3.34. The summed E-state index contributed by atoms with van der Waals surface area (Å²) in [4.78, 5) is 0. The van der Waals surface area contributed by atoms with Crippen molar-refractivity contribution in [2.45, 2.75) is 33.6 Å². The van der Waals surface area contributed by atoms with Crippen LogP contribution in [0.2, 0.25) is 0 Å². The number of hydrogen-bond acceptors (Lipinski definition) is 1. The van der Waals surface area contributed by atoms with Crippen molar-refractivity contribution in [2.75, 3.05) is 6.54 Å². The predicted molar refractivity (Wildman–Crippen MR) is 65.0 cm³/mol. The fraction of sp³-hybridized carbons (Fsp3) is 0.571. The molecule has 2 N–H and O–H groups in total. The minimum atomic E-state index is 0.398. The fourth-order valence-electron chi connectivity index (χ4n) is 3.04. The molecule has 0 unspecified atom stereocenters. The van der Waals surface area contributed by atoms with Crippen molar-refractivity contribution < 1.29 is 0 Å². The van der Waals surface area contributed by atoms with Gasteiger partial charge in [0.2, 0.25) is 0 Å². The van der Waals surface area contributed by atoms with Gasteiger partial charge in [0.05, 0.1) is 0 Å². The maximum atomic E-state index is 5.81. The quantitative estimate of drug-likeness (QED) is 0.785. The van der Waals surface area contributed by atoms with Crippen LogP contribution in [0.25, 0.3) is 0 Å². The molecule has 0 radical (unpaired) electrons. The highest BCUT2D eigenvalue weighted by Crippen LogP contribution is 2.63. The number of hydrogen-bond donors (Lipinski definition) is 1. The average molecular weight is 203 g/mol. The van der Waals surface area contributed by atoms with Gasteiger partial charge in [-0.05, 0) is 43.2 Å². The van der Waals surface area contributed by atoms with Crippen LogP contribution in [0.4, 0.5) is 0 Å². The second-order valence-electron chi connectivity index (χ2n) is 5.56. The van der Waals surface area contributed by atoms with Gasteiger partial charge in [-0.2, -0.15) is 0 Å². The normalized spacial score (nSPS) is 27.8. The Hall–Kier alpha value is -0.820. The van der Waals surface area contributed by atoms with Gasteiger partial charge in [-0.25, -0.2) is 0 Å². The van der Waals surface area contributed by atoms with Gasteiger partial charge in [0, 0.05) is 0 Å². The molecule has 1 aliphatic rings. The molecule has 2 rings (SSSR count). The molecule has 0 spiro atoms. The molecule has 1 fully saturated rings. The van der Waals surface area contributed by atoms with E-state index in [1.54, 1.807) is 0 Å². The molecular formula is C14H21N. The zero-order valence-corrected chi connectivity index (χ0v) is 10.2. The van der Waals surface area contributed by atoms with Gasteiger partial charge in [-0.3, -0.25) is 0 Å². The van der Waals surface area contributed by atoms with E-state index in [0.29, 0.717) is 17.3 Å². The van der Waals surface area contributed by atoms with Gasteiger partial charge < -0.3 is 5.73 Å². The van der Waals surface area contributed by atoms with Crippen molar-refractivity contribution in [3.05, 3.63) is 34.9 Å². The zero-order chi connectivity index (χ0) is 11.2. The predicted octanol–water partition coefficient (Wildman–Crippen LogP) is 3.00. The van der Waals surface area contributed by atoms with Gasteiger partial charge in [-0.1, -0.05) is 43.2 Å². The van der Waals surface area contributed by atoms with Crippen LogP contribution in [-0.4, -0.2) is 6.54 Å². The minimum Gasteiger partial charge on any atom is -0.330 e. The van der Waals surface area contributed by atoms with Crippen molar-refractivity contribution in [1.82, 2.24) is 0 Å². The lowest BCUT2D eigenvalue weighted by molar-refractivity contribution is 0.558. The van der Waals surface area contributed by atoms with E-state index in [1.165, 1.54) is 16.7 Å². The molecule has 0 saturated heterocycles. The first-order valence-electron chi connectivity index (χ1n) is 5.75. The van der Waals surface area contributed by atoms with Crippen LogP contribution in [0.1, 0.15) is 36.5 Å². The summed E-state index contributed by atoms with van der Waals surface area (Å²) >= 11 is 0. The van der Waals surface area contributed by atoms with Gasteiger partial charge in [0.1, 0.15) is 0 Å². The third kappa shape index (κ3) is 1.69. The van der Waals surface area contributed by atoms with Gasteiger partial charge in [0.25, 0.3) is 0 Å². The lowest BCUT2D eigenvalue weighted by atomic mass is 9.99. The van der Waals surface area contributed by atoms with Crippen LogP contribution in [-0.2, 0) is 0 Å². The first-order chi connectivity index (χ1) is 6.96. The Morgan fingerprint density at radius 1 is 1.13 bits per heavy atom. The highest BCUT2D eigenvalue weighted by atomic mass is 14.7. The lowest BCUT2D eigenvalue weighted by Crippen LogP contribution is -2.05. The highest BCUT2D eigenvalue weighted by Gasteiger charge is 2.57. The summed E-state index contributed by atoms with van der Waals surface area (Å²) in [5.41, 5.74) is 10.4. The molecule has 1 nitrogen and oxygen atoms in total. The number of nitrogens with two attached hydrogens (primary N) is 1. The molecule has 0 aromatic heterocycles. The van der Waals surface area contributed by atoms with Crippen molar-refractivity contribution in [1.29, 1.82) is 0 Å². The van der Waals surface area contributed by atoms with Crippen LogP contribution in [0.15, 0.2) is 18.2 Å². The number of aryl methyl sites for hydroxylation is 2. The smallest absolute Gasteiger partial charge is 0.00375 e. The van der Waals surface area contributed by atoms with Crippen molar-refractivity contribution in [3.63, 3.8) is 0 Å². The SMILES string of the molecule is Cc1cc(C)cc([C@H]2[C@H](CN)C2(C)C)c1. The molecule has 82 valence electrons. The Kier molecular flexibility index (Phi) is 2.38. The Morgan fingerprint density at radius 3 is 2.07 bits per heavy atom. The largest absolute Gasteiger partial charge is 0.330 e. The van der Waals surface area contributed by atoms with E-state index in [4.69, 9.17) is 5.73 Å². The summed E-state index contributed by atoms with van der Waals surface area (Å²) in [5, 5.41) is 0. The summed E-state index contributed by atoms with van der Waals surface area (Å²) in [6.07, 6.45) is 0. The summed E-state index contributed by atoms with van der Waals surface area (Å²) in [5.74, 6) is 1.33. The molecule has 1 aromatic carbocycles. The molecular weight excluding hydrogens is 182 g/mol. The molecule has 2 atom stereocenters. The summed E-state index contributed by atoms with van der Waals surface area (Å²) < 4.78 is 0. The van der Waals surface area contributed by atoms with Gasteiger partial charge in [0.15, 0.2) is 0 Å². The topological polar surface area (TPSA) is 26.0 Å². The monoisotopic (exact) mass is 203 g/mol. The number of rotatable bonds is 2. The van der Waals surface area contributed by atoms with Crippen LogP contribution < -0.4 is 5.73 Å². The number of benzene rings is 1. The van der Waals surface area contributed by atoms with Crippen molar-refractivity contribution in [3.8, 4) is 0 Å². The molecule has 1 aromatic rings. The molecule has 0 aliphatic heterocycles. The lowest BCUT2D eigenvalue weighted by Gasteiger charge is -2.06. The summed E-state index contributed by atoms with van der Waals surface area (Å²) in [6.45, 7) is 9.80. The van der Waals surface area contributed by atoms with Crippen molar-refractivity contribution >= 4 is 0 Å². The van der Waals surface area contributed by atoms with Crippen LogP contribution in [0.3, 0.4) is 0 Å². The molecule has 1 saturated carbocycles. The van der Waals surface area contributed by atoms with Gasteiger partial charge in [-0.15, -0.1) is 0 Å². The highest BCUT2D eigenvalue weighted by molar-refractivity contribution is 5.37. The molecule has 1 heteroatoms. The first kappa shape index (κ1) is 10.7. The molecule has 15 heavy (non-hydrogen) atoms. The summed E-state index contributed by atoms with van der Waals surface area (Å²) in [7, 11) is 0. The van der Waals surface area contributed by atoms with E-state index in [1.807, 2.05) is 0 Å². The Labute approximate surface area is 92.7 Å². The first-order valence-corrected chi connectivity index (χ1v) is 5.75. The Bertz CT molecular complexity index is 359.